The van der Waals surface area contributed by atoms with Crippen LogP contribution in [-0.4, -0.2) is 13.0 Å². The highest BCUT2D eigenvalue weighted by Crippen LogP contribution is 2.14. The Labute approximate surface area is 156 Å². The summed E-state index contributed by atoms with van der Waals surface area (Å²) in [6.07, 6.45) is 24.9. The van der Waals surface area contributed by atoms with Gasteiger partial charge < -0.3 is 4.18 Å². The van der Waals surface area contributed by atoms with Gasteiger partial charge in [-0.15, -0.1) is 0 Å². The lowest BCUT2D eigenvalue weighted by molar-refractivity contribution is 0.355. The van der Waals surface area contributed by atoms with Crippen LogP contribution in [0.5, 0.6) is 0 Å². The molecule has 0 aromatic rings. The molecule has 0 fully saturated rings. The maximum atomic E-state index is 10.3. The molecule has 0 saturated heterocycles. The minimum Gasteiger partial charge on any atom is -0.370 e. The largest absolute Gasteiger partial charge is 0.445 e. The SMILES string of the molecule is CCCCCCCCCCCCCCCCCC/C=C/OS(=O)(=O)O. The molecule has 4 nitrogen and oxygen atoms in total. The number of unbranched alkanes of at least 4 members (excludes halogenated alkanes) is 16. The first-order valence-electron chi connectivity index (χ1n) is 10.4. The standard InChI is InChI=1S/C20H40O4S/c1-2-3-4-5-6-7-8-9-10-11-12-13-14-15-16-17-18-19-20-24-25(21,22)23/h19-20H,2-18H2,1H3,(H,21,22,23)/b20-19+. The number of allylic oxidation sites excluding steroid dienone is 1. The third kappa shape index (κ3) is 23.4. The van der Waals surface area contributed by atoms with E-state index < -0.39 is 10.4 Å². The predicted molar refractivity (Wildman–Crippen MR) is 106 cm³/mol. The average molecular weight is 377 g/mol. The van der Waals surface area contributed by atoms with Crippen molar-refractivity contribution in [1.29, 1.82) is 0 Å². The van der Waals surface area contributed by atoms with Crippen LogP contribution in [0, 0.1) is 0 Å². The summed E-state index contributed by atoms with van der Waals surface area (Å²) in [5, 5.41) is 0. The quantitative estimate of drug-likeness (QED) is 0.150. The van der Waals surface area contributed by atoms with Crippen LogP contribution in [0.25, 0.3) is 0 Å². The Bertz CT molecular complexity index is 391. The molecule has 0 saturated carbocycles. The zero-order chi connectivity index (χ0) is 18.6. The van der Waals surface area contributed by atoms with Crippen molar-refractivity contribution in [3.05, 3.63) is 12.3 Å². The van der Waals surface area contributed by atoms with E-state index in [2.05, 4.69) is 11.1 Å². The minimum absolute atomic E-state index is 0.786. The Morgan fingerprint density at radius 1 is 0.680 bits per heavy atom. The molecular formula is C20H40O4S. The maximum Gasteiger partial charge on any atom is 0.445 e. The lowest BCUT2D eigenvalue weighted by atomic mass is 10.0. The molecule has 150 valence electrons. The van der Waals surface area contributed by atoms with Crippen molar-refractivity contribution in [2.45, 2.75) is 116 Å². The molecule has 0 radical (unpaired) electrons. The van der Waals surface area contributed by atoms with Crippen molar-refractivity contribution in [2.75, 3.05) is 0 Å². The van der Waals surface area contributed by atoms with Crippen LogP contribution < -0.4 is 0 Å². The van der Waals surface area contributed by atoms with Crippen LogP contribution in [0.1, 0.15) is 116 Å². The molecule has 0 aliphatic rings. The smallest absolute Gasteiger partial charge is 0.370 e. The fourth-order valence-corrected chi connectivity index (χ4v) is 3.21. The van der Waals surface area contributed by atoms with E-state index in [-0.39, 0.29) is 0 Å². The Hall–Kier alpha value is -0.550. The van der Waals surface area contributed by atoms with Crippen molar-refractivity contribution in [3.63, 3.8) is 0 Å². The Balaban J connectivity index is 3.10. The molecule has 1 N–H and O–H groups in total. The number of rotatable bonds is 19. The minimum atomic E-state index is -4.33. The normalized spacial score (nSPS) is 12.1. The zero-order valence-corrected chi connectivity index (χ0v) is 17.1. The third-order valence-electron chi connectivity index (χ3n) is 4.50. The van der Waals surface area contributed by atoms with E-state index in [1.54, 1.807) is 6.08 Å². The fourth-order valence-electron chi connectivity index (χ4n) is 2.99. The van der Waals surface area contributed by atoms with E-state index in [1.807, 2.05) is 0 Å². The number of hydrogen-bond donors (Lipinski definition) is 1. The lowest BCUT2D eigenvalue weighted by Gasteiger charge is -2.03. The van der Waals surface area contributed by atoms with Gasteiger partial charge in [0.05, 0.1) is 0 Å². The van der Waals surface area contributed by atoms with Crippen molar-refractivity contribution >= 4 is 10.4 Å². The van der Waals surface area contributed by atoms with Crippen molar-refractivity contribution in [1.82, 2.24) is 0 Å². The molecule has 0 atom stereocenters. The second kappa shape index (κ2) is 18.2. The van der Waals surface area contributed by atoms with Crippen LogP contribution >= 0.6 is 0 Å². The predicted octanol–water partition coefficient (Wildman–Crippen LogP) is 6.97. The van der Waals surface area contributed by atoms with Crippen molar-refractivity contribution in [2.24, 2.45) is 0 Å². The van der Waals surface area contributed by atoms with Crippen LogP contribution in [0.2, 0.25) is 0 Å². The van der Waals surface area contributed by atoms with Gasteiger partial charge in [-0.25, -0.2) is 0 Å². The first-order chi connectivity index (χ1) is 12.1. The summed E-state index contributed by atoms with van der Waals surface area (Å²) < 4.78 is 33.1. The molecule has 0 aromatic heterocycles. The molecule has 25 heavy (non-hydrogen) atoms. The van der Waals surface area contributed by atoms with Crippen LogP contribution in [0.3, 0.4) is 0 Å². The second-order valence-electron chi connectivity index (χ2n) is 6.99. The zero-order valence-electron chi connectivity index (χ0n) is 16.3. The molecule has 0 heterocycles. The van der Waals surface area contributed by atoms with E-state index in [0.29, 0.717) is 0 Å². The lowest BCUT2D eigenvalue weighted by Crippen LogP contribution is -1.96. The first kappa shape index (κ1) is 24.5. The van der Waals surface area contributed by atoms with Gasteiger partial charge in [0.15, 0.2) is 0 Å². The molecular weight excluding hydrogens is 336 g/mol. The van der Waals surface area contributed by atoms with Gasteiger partial charge >= 0.3 is 10.4 Å². The number of hydrogen-bond acceptors (Lipinski definition) is 3. The Kier molecular flexibility index (Phi) is 17.8. The highest BCUT2D eigenvalue weighted by molar-refractivity contribution is 7.81. The molecule has 0 bridgehead atoms. The van der Waals surface area contributed by atoms with Crippen LogP contribution in [0.15, 0.2) is 12.3 Å². The van der Waals surface area contributed by atoms with Crippen LogP contribution in [0.4, 0.5) is 0 Å². The summed E-state index contributed by atoms with van der Waals surface area (Å²) in [4.78, 5) is 0. The van der Waals surface area contributed by atoms with E-state index in [4.69, 9.17) is 4.55 Å². The molecule has 0 aliphatic heterocycles. The fraction of sp³-hybridized carbons (Fsp3) is 0.900. The molecule has 0 rings (SSSR count). The first-order valence-corrected chi connectivity index (χ1v) is 11.7. The monoisotopic (exact) mass is 376 g/mol. The second-order valence-corrected chi connectivity index (χ2v) is 8.04. The van der Waals surface area contributed by atoms with Gasteiger partial charge in [-0.2, -0.15) is 8.42 Å². The van der Waals surface area contributed by atoms with Gasteiger partial charge in [-0.3, -0.25) is 4.55 Å². The van der Waals surface area contributed by atoms with Gasteiger partial charge in [0.2, 0.25) is 0 Å². The summed E-state index contributed by atoms with van der Waals surface area (Å²) in [6, 6.07) is 0. The summed E-state index contributed by atoms with van der Waals surface area (Å²) in [7, 11) is -4.33. The van der Waals surface area contributed by atoms with Crippen LogP contribution in [-0.2, 0) is 14.6 Å². The topological polar surface area (TPSA) is 63.6 Å². The Morgan fingerprint density at radius 3 is 1.40 bits per heavy atom. The van der Waals surface area contributed by atoms with E-state index in [9.17, 15) is 8.42 Å². The van der Waals surface area contributed by atoms with Gasteiger partial charge in [0.1, 0.15) is 6.26 Å². The average Bonchev–Trinajstić information content (AvgIpc) is 2.56. The van der Waals surface area contributed by atoms with E-state index in [1.165, 1.54) is 89.9 Å². The van der Waals surface area contributed by atoms with Crippen molar-refractivity contribution < 1.29 is 17.2 Å². The molecule has 0 unspecified atom stereocenters. The van der Waals surface area contributed by atoms with Gasteiger partial charge in [0, 0.05) is 0 Å². The van der Waals surface area contributed by atoms with E-state index >= 15 is 0 Å². The molecule has 5 heteroatoms. The molecule has 0 spiro atoms. The summed E-state index contributed by atoms with van der Waals surface area (Å²) in [5.74, 6) is 0. The summed E-state index contributed by atoms with van der Waals surface area (Å²) in [6.45, 7) is 2.27. The third-order valence-corrected chi connectivity index (χ3v) is 4.85. The van der Waals surface area contributed by atoms with Gasteiger partial charge in [0.25, 0.3) is 0 Å². The molecule has 0 aliphatic carbocycles. The Morgan fingerprint density at radius 2 is 1.04 bits per heavy atom. The highest BCUT2D eigenvalue weighted by Gasteiger charge is 1.98. The van der Waals surface area contributed by atoms with Gasteiger partial charge in [-0.05, 0) is 18.9 Å². The van der Waals surface area contributed by atoms with E-state index in [0.717, 1.165) is 25.5 Å². The highest BCUT2D eigenvalue weighted by atomic mass is 32.3. The van der Waals surface area contributed by atoms with Crippen molar-refractivity contribution in [3.8, 4) is 0 Å². The molecule has 0 aromatic carbocycles. The summed E-state index contributed by atoms with van der Waals surface area (Å²) >= 11 is 0. The molecule has 0 amide bonds. The van der Waals surface area contributed by atoms with Gasteiger partial charge in [-0.1, -0.05) is 103 Å². The maximum absolute atomic E-state index is 10.3. The summed E-state index contributed by atoms with van der Waals surface area (Å²) in [5.41, 5.74) is 0.